The van der Waals surface area contributed by atoms with Gasteiger partial charge in [0, 0.05) is 27.1 Å². The maximum Gasteiger partial charge on any atom is 0.150 e. The topological polar surface area (TPSA) is 43.4 Å². The van der Waals surface area contributed by atoms with Gasteiger partial charge in [0.2, 0.25) is 0 Å². The molecule has 0 aliphatic rings. The molecule has 0 radical (unpaired) electrons. The Morgan fingerprint density at radius 1 is 0.451 bits per heavy atom. The molecule has 7 aromatic carbocycles. The number of carbonyl (C=O) groups excluding carboxylic acids is 1. The minimum absolute atomic E-state index is 0. The number of halogens is 1. The van der Waals surface area contributed by atoms with Crippen molar-refractivity contribution in [3.8, 4) is 0 Å². The molecule has 2 aromatic heterocycles. The summed E-state index contributed by atoms with van der Waals surface area (Å²) in [5.74, 6) is 0. The molecule has 9 aromatic rings. The molecule has 0 fully saturated rings. The number of rotatable bonds is 5. The third-order valence-corrected chi connectivity index (χ3v) is 13.0. The van der Waals surface area contributed by atoms with E-state index in [2.05, 4.69) is 116 Å². The highest BCUT2D eigenvalue weighted by atomic mass is 79.9. The Balaban J connectivity index is 0.000000132. The van der Waals surface area contributed by atoms with Crippen LogP contribution in [0.1, 0.15) is 15.9 Å². The third kappa shape index (κ3) is 7.35. The van der Waals surface area contributed by atoms with Gasteiger partial charge in [0.15, 0.2) is 0 Å². The van der Waals surface area contributed by atoms with Crippen molar-refractivity contribution in [2.24, 2.45) is 0 Å². The van der Waals surface area contributed by atoms with E-state index in [9.17, 15) is 4.79 Å². The van der Waals surface area contributed by atoms with E-state index < -0.39 is 7.26 Å². The van der Waals surface area contributed by atoms with Gasteiger partial charge in [-0.25, -0.2) is 0 Å². The first kappa shape index (κ1) is 35.3. The van der Waals surface area contributed by atoms with Crippen LogP contribution in [0, 0.1) is 0 Å². The smallest absolute Gasteiger partial charge is 0.150 e. The average molecular weight is 748 g/mol. The number of carbonyl (C=O) groups is 1. The van der Waals surface area contributed by atoms with Crippen molar-refractivity contribution in [1.82, 2.24) is 0 Å². The molecule has 0 saturated heterocycles. The quantitative estimate of drug-likeness (QED) is 0.132. The molecule has 250 valence electrons. The molecular weight excluding hydrogens is 711 g/mol. The summed E-state index contributed by atoms with van der Waals surface area (Å²) in [6.45, 7) is 6.18. The molecule has 0 amide bonds. The van der Waals surface area contributed by atoms with E-state index in [0.717, 1.165) is 55.7 Å². The zero-order valence-electron chi connectivity index (χ0n) is 28.2. The summed E-state index contributed by atoms with van der Waals surface area (Å²) >= 11 is 0. The maximum absolute atomic E-state index is 10.7. The molecule has 0 spiro atoms. The Hall–Kier alpha value is -5.54. The number of furan rings is 2. The highest BCUT2D eigenvalue weighted by Gasteiger charge is 2.39. The minimum atomic E-state index is -1.53. The van der Waals surface area contributed by atoms with Crippen LogP contribution >= 0.6 is 7.26 Å². The first-order valence-electron chi connectivity index (χ1n) is 16.5. The van der Waals surface area contributed by atoms with Crippen LogP contribution in [0.25, 0.3) is 50.0 Å². The summed E-state index contributed by atoms with van der Waals surface area (Å²) in [4.78, 5) is 10.7. The molecule has 5 heteroatoms. The van der Waals surface area contributed by atoms with Crippen molar-refractivity contribution < 1.29 is 30.6 Å². The van der Waals surface area contributed by atoms with Gasteiger partial charge in [-0.15, -0.1) is 0 Å². The fraction of sp³-hybridized carbons (Fsp3) is 0.0217. The third-order valence-electron chi connectivity index (χ3n) is 8.99. The van der Waals surface area contributed by atoms with E-state index in [-0.39, 0.29) is 17.0 Å². The molecule has 0 aliphatic carbocycles. The van der Waals surface area contributed by atoms with Gasteiger partial charge in [0.25, 0.3) is 0 Å². The Kier molecular flexibility index (Phi) is 11.1. The van der Waals surface area contributed by atoms with Crippen LogP contribution in [0.4, 0.5) is 0 Å². The second-order valence-corrected chi connectivity index (χ2v) is 15.6. The maximum atomic E-state index is 10.7. The van der Waals surface area contributed by atoms with Gasteiger partial charge >= 0.3 is 0 Å². The molecule has 9 rings (SSSR count). The fourth-order valence-electron chi connectivity index (χ4n) is 6.31. The lowest BCUT2D eigenvalue weighted by molar-refractivity contribution is -0.0000168. The normalized spacial score (nSPS) is 10.8. The lowest BCUT2D eigenvalue weighted by atomic mass is 10.1. The molecular formula is C46H36BrO3P. The van der Waals surface area contributed by atoms with Crippen molar-refractivity contribution in [2.75, 3.05) is 6.66 Å². The molecule has 2 heterocycles. The van der Waals surface area contributed by atoms with E-state index in [0.29, 0.717) is 5.56 Å². The van der Waals surface area contributed by atoms with Crippen molar-refractivity contribution in [3.05, 3.63) is 194 Å². The van der Waals surface area contributed by atoms with E-state index in [1.807, 2.05) is 72.8 Å². The summed E-state index contributed by atoms with van der Waals surface area (Å²) < 4.78 is 11.4. The average Bonchev–Trinajstić information content (AvgIpc) is 3.76. The Bertz CT molecular complexity index is 2320. The number of benzene rings is 7. The van der Waals surface area contributed by atoms with Crippen molar-refractivity contribution >= 4 is 79.4 Å². The van der Waals surface area contributed by atoms with Crippen LogP contribution in [0.3, 0.4) is 0 Å². The lowest BCUT2D eigenvalue weighted by Gasteiger charge is -2.22. The first-order valence-corrected chi connectivity index (χ1v) is 18.8. The summed E-state index contributed by atoms with van der Waals surface area (Å²) in [5.41, 5.74) is 5.34. The van der Waals surface area contributed by atoms with E-state index >= 15 is 0 Å². The largest absolute Gasteiger partial charge is 1.00 e. The number of hydrogen-bond donors (Lipinski definition) is 0. The van der Waals surface area contributed by atoms with Crippen molar-refractivity contribution in [1.29, 1.82) is 0 Å². The SMILES string of the molecule is C=Cc1ccc2oc3ccccc3c2c1.C[P+](c1ccccc1)(c1ccccc1)c1ccccc1.O=Cc1ccc2oc3ccccc3c2c1.[Br-]. The molecule has 0 bridgehead atoms. The molecule has 0 N–H and O–H groups in total. The monoisotopic (exact) mass is 746 g/mol. The van der Waals surface area contributed by atoms with Crippen LogP contribution in [0.15, 0.2) is 191 Å². The fourth-order valence-corrected chi connectivity index (χ4v) is 9.51. The zero-order chi connectivity index (χ0) is 34.3. The van der Waals surface area contributed by atoms with Crippen LogP contribution in [0.5, 0.6) is 0 Å². The molecule has 51 heavy (non-hydrogen) atoms. The molecule has 0 unspecified atom stereocenters. The molecule has 0 aliphatic heterocycles. The minimum Gasteiger partial charge on any atom is -1.00 e. The molecule has 0 atom stereocenters. The number of para-hydroxylation sites is 2. The van der Waals surface area contributed by atoms with Crippen LogP contribution in [0.2, 0.25) is 0 Å². The molecule has 0 saturated carbocycles. The first-order chi connectivity index (χ1) is 24.6. The molecule has 3 nitrogen and oxygen atoms in total. The van der Waals surface area contributed by atoms with Crippen molar-refractivity contribution in [3.63, 3.8) is 0 Å². The van der Waals surface area contributed by atoms with Gasteiger partial charge in [0.1, 0.15) is 51.8 Å². The second kappa shape index (κ2) is 16.0. The summed E-state index contributed by atoms with van der Waals surface area (Å²) in [6.07, 6.45) is 2.70. The zero-order valence-corrected chi connectivity index (χ0v) is 30.6. The Morgan fingerprint density at radius 2 is 0.804 bits per heavy atom. The Labute approximate surface area is 309 Å². The van der Waals surface area contributed by atoms with Crippen LogP contribution in [-0.2, 0) is 0 Å². The highest BCUT2D eigenvalue weighted by molar-refractivity contribution is 7.95. The van der Waals surface area contributed by atoms with Gasteiger partial charge in [-0.05, 0) is 84.4 Å². The highest BCUT2D eigenvalue weighted by Crippen LogP contribution is 2.51. The van der Waals surface area contributed by atoms with E-state index in [1.54, 1.807) is 6.07 Å². The number of aldehydes is 1. The lowest BCUT2D eigenvalue weighted by Crippen LogP contribution is -3.00. The summed E-state index contributed by atoms with van der Waals surface area (Å²) in [7, 11) is -1.53. The van der Waals surface area contributed by atoms with E-state index in [1.165, 1.54) is 15.9 Å². The van der Waals surface area contributed by atoms with Gasteiger partial charge in [-0.3, -0.25) is 4.79 Å². The van der Waals surface area contributed by atoms with Crippen LogP contribution < -0.4 is 32.9 Å². The predicted octanol–water partition coefficient (Wildman–Crippen LogP) is 8.24. The predicted molar refractivity (Wildman–Crippen MR) is 214 cm³/mol. The van der Waals surface area contributed by atoms with Crippen LogP contribution in [-0.4, -0.2) is 13.0 Å². The van der Waals surface area contributed by atoms with E-state index in [4.69, 9.17) is 8.83 Å². The van der Waals surface area contributed by atoms with Gasteiger partial charge in [0.05, 0.1) is 6.66 Å². The Morgan fingerprint density at radius 3 is 1.22 bits per heavy atom. The second-order valence-electron chi connectivity index (χ2n) is 12.0. The van der Waals surface area contributed by atoms with Crippen molar-refractivity contribution in [2.45, 2.75) is 0 Å². The summed E-state index contributed by atoms with van der Waals surface area (Å²) in [5, 5.41) is 8.65. The summed E-state index contributed by atoms with van der Waals surface area (Å²) in [6, 6.07) is 60.1. The van der Waals surface area contributed by atoms with Gasteiger partial charge < -0.3 is 25.8 Å². The standard InChI is InChI=1S/C19H18P.C14H10O.C13H8O2.BrH/c1-20(17-11-5-2-6-12-17,18-13-7-3-8-14-18)19-15-9-4-10-16-19;1-2-10-7-8-14-12(9-10)11-5-3-4-6-13(11)15-14;14-8-9-5-6-13-11(7-9)10-3-1-2-4-12(10)15-13;/h2-16H,1H3;2-9H,1H2;1-8H;1H/q+1;;;/p-1. The number of fused-ring (bicyclic) bond motifs is 6. The number of hydrogen-bond acceptors (Lipinski definition) is 3. The van der Waals surface area contributed by atoms with Gasteiger partial charge in [-0.1, -0.05) is 110 Å². The van der Waals surface area contributed by atoms with Gasteiger partial charge in [-0.2, -0.15) is 0 Å².